The van der Waals surface area contributed by atoms with E-state index in [-0.39, 0.29) is 6.42 Å². The largest absolute Gasteiger partial charge is 0.547 e. The van der Waals surface area contributed by atoms with Crippen molar-refractivity contribution >= 4 is 11.9 Å². The van der Waals surface area contributed by atoms with Gasteiger partial charge in [0.2, 0.25) is 0 Å². The highest BCUT2D eigenvalue weighted by atomic mass is 16.4. The molecular formula is C7H8O5-2. The van der Waals surface area contributed by atoms with Gasteiger partial charge in [0.25, 0.3) is 0 Å². The molecule has 0 aliphatic carbocycles. The van der Waals surface area contributed by atoms with Crippen LogP contribution in [0.15, 0.2) is 12.2 Å². The second kappa shape index (κ2) is 3.36. The van der Waals surface area contributed by atoms with Crippen molar-refractivity contribution in [2.75, 3.05) is 0 Å². The summed E-state index contributed by atoms with van der Waals surface area (Å²) in [4.78, 5) is 20.4. The van der Waals surface area contributed by atoms with E-state index in [4.69, 9.17) is 5.11 Å². The first-order chi connectivity index (χ1) is 5.36. The van der Waals surface area contributed by atoms with E-state index >= 15 is 0 Å². The number of carboxylic acid groups (broad SMARTS) is 2. The predicted octanol–water partition coefficient (Wildman–Crippen LogP) is -2.82. The Morgan fingerprint density at radius 1 is 1.50 bits per heavy atom. The predicted molar refractivity (Wildman–Crippen MR) is 34.4 cm³/mol. The van der Waals surface area contributed by atoms with E-state index in [9.17, 15) is 19.8 Å². The Kier molecular flexibility index (Phi) is 2.98. The molecule has 0 bridgehead atoms. The van der Waals surface area contributed by atoms with Gasteiger partial charge in [-0.2, -0.15) is 0 Å². The number of carbonyl (C=O) groups is 2. The van der Waals surface area contributed by atoms with Gasteiger partial charge in [0, 0.05) is 5.57 Å². The smallest absolute Gasteiger partial charge is 0.130 e. The molecule has 0 aliphatic heterocycles. The molecule has 12 heavy (non-hydrogen) atoms. The number of carbonyl (C=O) groups excluding carboxylic acids is 2. The van der Waals surface area contributed by atoms with E-state index in [1.807, 2.05) is 0 Å². The van der Waals surface area contributed by atoms with Crippen LogP contribution in [0.4, 0.5) is 0 Å². The molecule has 0 aromatic rings. The van der Waals surface area contributed by atoms with Crippen molar-refractivity contribution in [1.29, 1.82) is 0 Å². The van der Waals surface area contributed by atoms with Crippen molar-refractivity contribution in [1.82, 2.24) is 0 Å². The monoisotopic (exact) mass is 172 g/mol. The highest BCUT2D eigenvalue weighted by Crippen LogP contribution is 2.17. The van der Waals surface area contributed by atoms with E-state index in [0.717, 1.165) is 0 Å². The van der Waals surface area contributed by atoms with E-state index in [0.29, 0.717) is 0 Å². The molecule has 0 aromatic heterocycles. The highest BCUT2D eigenvalue weighted by molar-refractivity contribution is 5.96. The van der Waals surface area contributed by atoms with Crippen LogP contribution in [0.2, 0.25) is 0 Å². The third-order valence-electron chi connectivity index (χ3n) is 1.59. The molecule has 0 saturated carbocycles. The maximum Gasteiger partial charge on any atom is 0.130 e. The SMILES string of the molecule is C=C(C(=O)[O-])C(O)(CC)C(=O)[O-]. The lowest BCUT2D eigenvalue weighted by Gasteiger charge is -2.30. The standard InChI is InChI=1S/C7H10O5/c1-3-7(12,6(10)11)4(2)5(8)9/h12H,2-3H2,1H3,(H,8,9)(H,10,11)/p-2. The fourth-order valence-electron chi connectivity index (χ4n) is 0.650. The maximum atomic E-state index is 10.3. The third-order valence-corrected chi connectivity index (χ3v) is 1.59. The number of aliphatic carboxylic acids is 2. The van der Waals surface area contributed by atoms with Crippen molar-refractivity contribution in [3.05, 3.63) is 12.2 Å². The lowest BCUT2D eigenvalue weighted by Crippen LogP contribution is -2.52. The van der Waals surface area contributed by atoms with Crippen molar-refractivity contribution in [2.24, 2.45) is 0 Å². The second-order valence-corrected chi connectivity index (χ2v) is 2.27. The number of aliphatic hydroxyl groups is 1. The van der Waals surface area contributed by atoms with E-state index < -0.39 is 23.1 Å². The summed E-state index contributed by atoms with van der Waals surface area (Å²) >= 11 is 0. The van der Waals surface area contributed by atoms with E-state index in [2.05, 4.69) is 6.58 Å². The first-order valence-corrected chi connectivity index (χ1v) is 3.20. The number of rotatable bonds is 4. The summed E-state index contributed by atoms with van der Waals surface area (Å²) in [6.45, 7) is 4.18. The van der Waals surface area contributed by atoms with Crippen LogP contribution < -0.4 is 10.2 Å². The van der Waals surface area contributed by atoms with Gasteiger partial charge in [0.1, 0.15) is 5.60 Å². The lowest BCUT2D eigenvalue weighted by atomic mass is 9.92. The molecule has 0 heterocycles. The normalized spacial score (nSPS) is 14.8. The summed E-state index contributed by atoms with van der Waals surface area (Å²) in [5.41, 5.74) is -3.43. The molecular weight excluding hydrogens is 164 g/mol. The van der Waals surface area contributed by atoms with Crippen molar-refractivity contribution in [2.45, 2.75) is 18.9 Å². The molecule has 0 rings (SSSR count). The van der Waals surface area contributed by atoms with Crippen LogP contribution in [-0.4, -0.2) is 22.6 Å². The zero-order valence-electron chi connectivity index (χ0n) is 6.49. The Hall–Kier alpha value is -1.36. The maximum absolute atomic E-state index is 10.3. The molecule has 0 radical (unpaired) electrons. The average Bonchev–Trinajstić information content (AvgIpc) is 2.01. The molecule has 0 amide bonds. The van der Waals surface area contributed by atoms with Crippen molar-refractivity contribution < 1.29 is 24.9 Å². The van der Waals surface area contributed by atoms with E-state index in [1.54, 1.807) is 0 Å². The van der Waals surface area contributed by atoms with Crippen LogP contribution in [0.25, 0.3) is 0 Å². The molecule has 0 spiro atoms. The van der Waals surface area contributed by atoms with Crippen molar-refractivity contribution in [3.63, 3.8) is 0 Å². The van der Waals surface area contributed by atoms with Crippen LogP contribution in [0, 0.1) is 0 Å². The molecule has 1 N–H and O–H groups in total. The molecule has 0 aliphatic rings. The average molecular weight is 172 g/mol. The third kappa shape index (κ3) is 1.62. The van der Waals surface area contributed by atoms with Gasteiger partial charge in [0.05, 0.1) is 11.9 Å². The van der Waals surface area contributed by atoms with E-state index in [1.165, 1.54) is 6.92 Å². The topological polar surface area (TPSA) is 100 Å². The van der Waals surface area contributed by atoms with Crippen LogP contribution >= 0.6 is 0 Å². The molecule has 0 aromatic carbocycles. The highest BCUT2D eigenvalue weighted by Gasteiger charge is 2.30. The van der Waals surface area contributed by atoms with Crippen LogP contribution in [0.5, 0.6) is 0 Å². The van der Waals surface area contributed by atoms with Gasteiger partial charge in [-0.1, -0.05) is 13.5 Å². The Balaban J connectivity index is 4.89. The number of hydrogen-bond donors (Lipinski definition) is 1. The zero-order valence-corrected chi connectivity index (χ0v) is 6.49. The molecule has 68 valence electrons. The van der Waals surface area contributed by atoms with Crippen LogP contribution in [0.3, 0.4) is 0 Å². The number of carboxylic acids is 2. The quantitative estimate of drug-likeness (QED) is 0.461. The van der Waals surface area contributed by atoms with Gasteiger partial charge in [-0.25, -0.2) is 0 Å². The summed E-state index contributed by atoms with van der Waals surface area (Å²) in [6.07, 6.45) is -0.331. The van der Waals surface area contributed by atoms with Gasteiger partial charge in [0.15, 0.2) is 0 Å². The summed E-state index contributed by atoms with van der Waals surface area (Å²) in [5.74, 6) is -3.69. The molecule has 1 atom stereocenters. The van der Waals surface area contributed by atoms with Gasteiger partial charge in [-0.15, -0.1) is 0 Å². The minimum absolute atomic E-state index is 0.331. The Labute approximate surface area is 68.9 Å². The summed E-state index contributed by atoms with van der Waals surface area (Å²) in [7, 11) is 0. The van der Waals surface area contributed by atoms with Crippen molar-refractivity contribution in [3.8, 4) is 0 Å². The molecule has 5 heteroatoms. The molecule has 5 nitrogen and oxygen atoms in total. The minimum atomic E-state index is -2.53. The Morgan fingerprint density at radius 3 is 2.00 bits per heavy atom. The van der Waals surface area contributed by atoms with Crippen LogP contribution in [0.1, 0.15) is 13.3 Å². The lowest BCUT2D eigenvalue weighted by molar-refractivity contribution is -0.326. The van der Waals surface area contributed by atoms with Gasteiger partial charge < -0.3 is 24.9 Å². The summed E-state index contributed by atoms with van der Waals surface area (Å²) in [5, 5.41) is 29.6. The molecule has 1 unspecified atom stereocenters. The Bertz CT molecular complexity index is 232. The first kappa shape index (κ1) is 10.6. The van der Waals surface area contributed by atoms with Gasteiger partial charge in [-0.3, -0.25) is 0 Å². The summed E-state index contributed by atoms with van der Waals surface area (Å²) < 4.78 is 0. The Morgan fingerprint density at radius 2 is 1.92 bits per heavy atom. The van der Waals surface area contributed by atoms with Crippen LogP contribution in [-0.2, 0) is 9.59 Å². The fraction of sp³-hybridized carbons (Fsp3) is 0.429. The minimum Gasteiger partial charge on any atom is -0.547 e. The van der Waals surface area contributed by atoms with Gasteiger partial charge >= 0.3 is 0 Å². The number of hydrogen-bond acceptors (Lipinski definition) is 5. The zero-order chi connectivity index (χ0) is 9.94. The van der Waals surface area contributed by atoms with Gasteiger partial charge in [-0.05, 0) is 6.42 Å². The first-order valence-electron chi connectivity index (χ1n) is 3.20. The summed E-state index contributed by atoms with van der Waals surface area (Å²) in [6, 6.07) is 0. The molecule has 0 fully saturated rings. The fourth-order valence-corrected chi connectivity index (χ4v) is 0.650. The molecule has 0 saturated heterocycles. The second-order valence-electron chi connectivity index (χ2n) is 2.27.